The fraction of sp³-hybridized carbons (Fsp3) is 0.625. The smallest absolute Gasteiger partial charge is 0.315 e. The van der Waals surface area contributed by atoms with Crippen LogP contribution in [0.15, 0.2) is 24.3 Å². The predicted molar refractivity (Wildman–Crippen MR) is 120 cm³/mol. The minimum absolute atomic E-state index is 0.140. The molecule has 2 amide bonds. The van der Waals surface area contributed by atoms with Gasteiger partial charge in [-0.25, -0.2) is 4.79 Å². The number of fused-ring (bicyclic) bond motifs is 1. The zero-order valence-corrected chi connectivity index (χ0v) is 18.4. The van der Waals surface area contributed by atoms with E-state index in [1.54, 1.807) is 0 Å². The van der Waals surface area contributed by atoms with Crippen molar-refractivity contribution in [3.05, 3.63) is 41.5 Å². The van der Waals surface area contributed by atoms with Crippen LogP contribution in [0.1, 0.15) is 75.0 Å². The number of aryl methyl sites for hydroxylation is 2. The van der Waals surface area contributed by atoms with Gasteiger partial charge in [-0.05, 0) is 62.6 Å². The van der Waals surface area contributed by atoms with Gasteiger partial charge in [-0.2, -0.15) is 0 Å². The number of nitrogens with one attached hydrogen (secondary N) is 2. The van der Waals surface area contributed by atoms with Gasteiger partial charge in [0.05, 0.1) is 6.10 Å². The molecule has 1 aromatic carbocycles. The van der Waals surface area contributed by atoms with E-state index in [1.807, 2.05) is 24.3 Å². The molecule has 4 rings (SSSR count). The molecule has 0 unspecified atom stereocenters. The van der Waals surface area contributed by atoms with E-state index >= 15 is 0 Å². The molecular formula is C24H35N5O2. The highest BCUT2D eigenvalue weighted by Gasteiger charge is 2.15. The lowest BCUT2D eigenvalue weighted by molar-refractivity contribution is 0.155. The van der Waals surface area contributed by atoms with E-state index in [2.05, 4.69) is 25.4 Å². The minimum atomic E-state index is -0.140. The third-order valence-electron chi connectivity index (χ3n) is 6.26. The second kappa shape index (κ2) is 11.2. The molecule has 2 aliphatic rings. The molecule has 2 aromatic rings. The van der Waals surface area contributed by atoms with Crippen molar-refractivity contribution in [3.8, 4) is 5.75 Å². The monoisotopic (exact) mass is 425 g/mol. The Hall–Kier alpha value is -2.57. The number of carbonyl (C=O) groups is 1. The SMILES string of the molecule is O=C(NCCCc1nnc2n1CCCCC2)NCc1cccc(OC2CCCCC2)c1. The van der Waals surface area contributed by atoms with Crippen LogP contribution in [0.3, 0.4) is 0 Å². The van der Waals surface area contributed by atoms with Crippen LogP contribution in [0.5, 0.6) is 5.75 Å². The van der Waals surface area contributed by atoms with E-state index in [-0.39, 0.29) is 6.03 Å². The van der Waals surface area contributed by atoms with Crippen molar-refractivity contribution in [1.82, 2.24) is 25.4 Å². The number of benzene rings is 1. The van der Waals surface area contributed by atoms with E-state index < -0.39 is 0 Å². The second-order valence-electron chi connectivity index (χ2n) is 8.73. The van der Waals surface area contributed by atoms with Crippen LogP contribution in [0.4, 0.5) is 4.79 Å². The number of carbonyl (C=O) groups excluding carboxylic acids is 1. The Kier molecular flexibility index (Phi) is 7.80. The molecule has 0 saturated heterocycles. The topological polar surface area (TPSA) is 81.1 Å². The van der Waals surface area contributed by atoms with Gasteiger partial charge in [-0.1, -0.05) is 25.0 Å². The van der Waals surface area contributed by atoms with Crippen LogP contribution in [0, 0.1) is 0 Å². The fourth-order valence-electron chi connectivity index (χ4n) is 4.53. The molecule has 1 aliphatic heterocycles. The van der Waals surface area contributed by atoms with Crippen molar-refractivity contribution in [2.24, 2.45) is 0 Å². The Morgan fingerprint density at radius 3 is 2.84 bits per heavy atom. The molecule has 1 aliphatic carbocycles. The van der Waals surface area contributed by atoms with Gasteiger partial charge in [0, 0.05) is 32.5 Å². The van der Waals surface area contributed by atoms with Crippen molar-refractivity contribution >= 4 is 6.03 Å². The molecule has 1 aromatic heterocycles. The van der Waals surface area contributed by atoms with Gasteiger partial charge in [0.25, 0.3) is 0 Å². The van der Waals surface area contributed by atoms with Crippen molar-refractivity contribution in [2.75, 3.05) is 6.54 Å². The summed E-state index contributed by atoms with van der Waals surface area (Å²) in [6.07, 6.45) is 12.8. The summed E-state index contributed by atoms with van der Waals surface area (Å²) in [5, 5.41) is 14.6. The first-order valence-corrected chi connectivity index (χ1v) is 12.0. The number of rotatable bonds is 8. The van der Waals surface area contributed by atoms with E-state index in [9.17, 15) is 4.79 Å². The molecule has 0 spiro atoms. The predicted octanol–water partition coefficient (Wildman–Crippen LogP) is 4.15. The summed E-state index contributed by atoms with van der Waals surface area (Å²) in [6, 6.07) is 7.91. The first-order chi connectivity index (χ1) is 15.3. The average Bonchev–Trinajstić information content (AvgIpc) is 3.02. The molecule has 7 heteroatoms. The van der Waals surface area contributed by atoms with Gasteiger partial charge in [0.15, 0.2) is 0 Å². The van der Waals surface area contributed by atoms with E-state index in [0.29, 0.717) is 19.2 Å². The molecular weight excluding hydrogens is 390 g/mol. The van der Waals surface area contributed by atoms with Gasteiger partial charge in [-0.3, -0.25) is 0 Å². The summed E-state index contributed by atoms with van der Waals surface area (Å²) < 4.78 is 8.40. The molecule has 7 nitrogen and oxygen atoms in total. The standard InChI is InChI=1S/C24H35N5O2/c30-24(25-15-8-14-23-28-27-22-13-5-2-6-16-29(22)23)26-18-19-9-7-12-21(17-19)31-20-10-3-1-4-11-20/h7,9,12,17,20H,1-6,8,10-11,13-16,18H2,(H2,25,26,30). The summed E-state index contributed by atoms with van der Waals surface area (Å²) >= 11 is 0. The first kappa shape index (κ1) is 21.7. The van der Waals surface area contributed by atoms with Crippen LogP contribution < -0.4 is 15.4 Å². The summed E-state index contributed by atoms with van der Waals surface area (Å²) in [6.45, 7) is 2.14. The van der Waals surface area contributed by atoms with Crippen LogP contribution in [-0.4, -0.2) is 33.4 Å². The summed E-state index contributed by atoms with van der Waals surface area (Å²) in [4.78, 5) is 12.2. The van der Waals surface area contributed by atoms with Crippen LogP contribution in [-0.2, 0) is 25.9 Å². The van der Waals surface area contributed by atoms with E-state index in [1.165, 1.54) is 38.5 Å². The summed E-state index contributed by atoms with van der Waals surface area (Å²) in [5.41, 5.74) is 1.05. The molecule has 0 bridgehead atoms. The van der Waals surface area contributed by atoms with E-state index in [4.69, 9.17) is 4.74 Å². The molecule has 2 heterocycles. The number of nitrogens with zero attached hydrogens (tertiary/aromatic N) is 3. The van der Waals surface area contributed by atoms with Gasteiger partial charge >= 0.3 is 6.03 Å². The Morgan fingerprint density at radius 2 is 1.94 bits per heavy atom. The zero-order valence-electron chi connectivity index (χ0n) is 18.4. The van der Waals surface area contributed by atoms with Crippen molar-refractivity contribution in [1.29, 1.82) is 0 Å². The summed E-state index contributed by atoms with van der Waals surface area (Å²) in [5.74, 6) is 3.07. The zero-order chi connectivity index (χ0) is 21.3. The Labute approximate surface area is 185 Å². The van der Waals surface area contributed by atoms with Crippen LogP contribution in [0.25, 0.3) is 0 Å². The fourth-order valence-corrected chi connectivity index (χ4v) is 4.53. The lowest BCUT2D eigenvalue weighted by Crippen LogP contribution is -2.35. The molecule has 0 atom stereocenters. The average molecular weight is 426 g/mol. The lowest BCUT2D eigenvalue weighted by atomic mass is 9.98. The second-order valence-corrected chi connectivity index (χ2v) is 8.73. The van der Waals surface area contributed by atoms with Crippen LogP contribution in [0.2, 0.25) is 0 Å². The van der Waals surface area contributed by atoms with Crippen molar-refractivity contribution in [2.45, 2.75) is 89.8 Å². The molecule has 31 heavy (non-hydrogen) atoms. The molecule has 0 radical (unpaired) electrons. The first-order valence-electron chi connectivity index (χ1n) is 12.0. The number of urea groups is 1. The highest BCUT2D eigenvalue weighted by atomic mass is 16.5. The Balaban J connectivity index is 1.15. The maximum Gasteiger partial charge on any atom is 0.315 e. The maximum absolute atomic E-state index is 12.2. The molecule has 168 valence electrons. The third-order valence-corrected chi connectivity index (χ3v) is 6.26. The van der Waals surface area contributed by atoms with Crippen molar-refractivity contribution in [3.63, 3.8) is 0 Å². The number of amides is 2. The quantitative estimate of drug-likeness (QED) is 0.623. The number of ether oxygens (including phenoxy) is 1. The number of hydrogen-bond donors (Lipinski definition) is 2. The highest BCUT2D eigenvalue weighted by molar-refractivity contribution is 5.73. The normalized spacial score (nSPS) is 16.9. The molecule has 1 fully saturated rings. The van der Waals surface area contributed by atoms with Gasteiger partial charge in [0.1, 0.15) is 17.4 Å². The minimum Gasteiger partial charge on any atom is -0.490 e. The van der Waals surface area contributed by atoms with Gasteiger partial charge < -0.3 is 19.9 Å². The number of hydrogen-bond acceptors (Lipinski definition) is 4. The third kappa shape index (κ3) is 6.45. The Morgan fingerprint density at radius 1 is 1.06 bits per heavy atom. The van der Waals surface area contributed by atoms with Crippen molar-refractivity contribution < 1.29 is 9.53 Å². The lowest BCUT2D eigenvalue weighted by Gasteiger charge is -2.23. The molecule has 1 saturated carbocycles. The van der Waals surface area contributed by atoms with Crippen LogP contribution >= 0.6 is 0 Å². The molecule has 2 N–H and O–H groups in total. The maximum atomic E-state index is 12.2. The van der Waals surface area contributed by atoms with Gasteiger partial charge in [-0.15, -0.1) is 10.2 Å². The largest absolute Gasteiger partial charge is 0.490 e. The summed E-state index contributed by atoms with van der Waals surface area (Å²) in [7, 11) is 0. The van der Waals surface area contributed by atoms with E-state index in [0.717, 1.165) is 61.6 Å². The Bertz CT molecular complexity index is 844. The highest BCUT2D eigenvalue weighted by Crippen LogP contribution is 2.24. The van der Waals surface area contributed by atoms with Gasteiger partial charge in [0.2, 0.25) is 0 Å². The number of aromatic nitrogens is 3.